The standard InChI is InChI=1S/C16H42N4Si4/c1-15(17-19(21(3,4)5)22(6,7)8)16(2)18-20(23(9,10)11)24(12,13)14/h1-14H3/b17-15+,18-16+. The van der Waals surface area contributed by atoms with Crippen LogP contribution in [-0.2, 0) is 0 Å². The molecule has 0 spiro atoms. The van der Waals surface area contributed by atoms with Gasteiger partial charge in [0, 0.05) is 0 Å². The topological polar surface area (TPSA) is 31.2 Å². The fourth-order valence-electron chi connectivity index (χ4n) is 3.06. The summed E-state index contributed by atoms with van der Waals surface area (Å²) >= 11 is 0. The summed E-state index contributed by atoms with van der Waals surface area (Å²) in [6, 6.07) is 0. The average Bonchev–Trinajstić information content (AvgIpc) is 2.26. The van der Waals surface area contributed by atoms with Crippen LogP contribution in [0.4, 0.5) is 0 Å². The number of rotatable bonds is 7. The van der Waals surface area contributed by atoms with Gasteiger partial charge in [-0.3, -0.25) is 0 Å². The van der Waals surface area contributed by atoms with Crippen molar-refractivity contribution in [1.82, 2.24) is 8.68 Å². The van der Waals surface area contributed by atoms with Gasteiger partial charge in [-0.2, -0.15) is 10.2 Å². The minimum absolute atomic E-state index is 1.07. The lowest BCUT2D eigenvalue weighted by Gasteiger charge is -2.43. The Kier molecular flexibility index (Phi) is 7.53. The molecule has 0 unspecified atom stereocenters. The highest BCUT2D eigenvalue weighted by molar-refractivity contribution is 6.90. The van der Waals surface area contributed by atoms with Crippen molar-refractivity contribution in [2.24, 2.45) is 10.2 Å². The molecule has 0 rings (SSSR count). The SMILES string of the molecule is CC(=N\N([Si](C)(C)C)[Si](C)(C)C)/C(C)=N/N([Si](C)(C)C)[Si](C)(C)C. The van der Waals surface area contributed by atoms with Crippen molar-refractivity contribution in [3.63, 3.8) is 0 Å². The zero-order valence-corrected chi connectivity index (χ0v) is 22.8. The maximum absolute atomic E-state index is 5.08. The van der Waals surface area contributed by atoms with Gasteiger partial charge in [0.1, 0.15) is 0 Å². The van der Waals surface area contributed by atoms with E-state index in [0.29, 0.717) is 0 Å². The predicted molar refractivity (Wildman–Crippen MR) is 123 cm³/mol. The molecule has 8 heteroatoms. The van der Waals surface area contributed by atoms with Gasteiger partial charge in [0.15, 0.2) is 32.9 Å². The number of nitrogens with zero attached hydrogens (tertiary/aromatic N) is 4. The van der Waals surface area contributed by atoms with E-state index in [1.165, 1.54) is 0 Å². The average molecular weight is 403 g/mol. The van der Waals surface area contributed by atoms with Crippen molar-refractivity contribution >= 4 is 44.4 Å². The molecule has 0 aromatic heterocycles. The fourth-order valence-corrected chi connectivity index (χ4v) is 21.0. The molecule has 4 nitrogen and oxygen atoms in total. The Morgan fingerprint density at radius 3 is 0.750 bits per heavy atom. The van der Waals surface area contributed by atoms with Gasteiger partial charge in [-0.1, -0.05) is 78.6 Å². The van der Waals surface area contributed by atoms with Gasteiger partial charge < -0.3 is 8.68 Å². The number of hydrazone groups is 2. The third-order valence-corrected chi connectivity index (χ3v) is 17.1. The van der Waals surface area contributed by atoms with Crippen LogP contribution < -0.4 is 0 Å². The molecule has 0 aliphatic heterocycles. The maximum Gasteiger partial charge on any atom is 0.158 e. The van der Waals surface area contributed by atoms with Crippen molar-refractivity contribution in [3.8, 4) is 0 Å². The highest BCUT2D eigenvalue weighted by Crippen LogP contribution is 2.22. The van der Waals surface area contributed by atoms with E-state index in [4.69, 9.17) is 10.2 Å². The summed E-state index contributed by atoms with van der Waals surface area (Å²) in [6.07, 6.45) is 0. The maximum atomic E-state index is 5.08. The van der Waals surface area contributed by atoms with E-state index in [-0.39, 0.29) is 0 Å². The molecule has 0 saturated carbocycles. The second kappa shape index (κ2) is 7.59. The summed E-state index contributed by atoms with van der Waals surface area (Å²) in [6.45, 7) is 32.8. The van der Waals surface area contributed by atoms with Crippen LogP contribution in [0.1, 0.15) is 13.8 Å². The van der Waals surface area contributed by atoms with E-state index < -0.39 is 32.9 Å². The molecule has 0 bridgehead atoms. The highest BCUT2D eigenvalue weighted by Gasteiger charge is 2.35. The summed E-state index contributed by atoms with van der Waals surface area (Å²) in [7, 11) is -5.95. The molecular formula is C16H42N4Si4. The summed E-state index contributed by atoms with van der Waals surface area (Å²) in [5.74, 6) is 0. The van der Waals surface area contributed by atoms with Crippen molar-refractivity contribution < 1.29 is 0 Å². The van der Waals surface area contributed by atoms with Crippen molar-refractivity contribution in [1.29, 1.82) is 0 Å². The van der Waals surface area contributed by atoms with Crippen LogP contribution in [0.3, 0.4) is 0 Å². The molecule has 0 atom stereocenters. The summed E-state index contributed by atoms with van der Waals surface area (Å²) in [4.78, 5) is 0. The minimum atomic E-state index is -1.49. The molecule has 0 aliphatic carbocycles. The fraction of sp³-hybridized carbons (Fsp3) is 0.875. The lowest BCUT2D eigenvalue weighted by molar-refractivity contribution is 0.659. The molecule has 0 aliphatic rings. The van der Waals surface area contributed by atoms with Gasteiger partial charge in [0.05, 0.1) is 11.4 Å². The van der Waals surface area contributed by atoms with Gasteiger partial charge in [-0.25, -0.2) is 0 Å². The van der Waals surface area contributed by atoms with E-state index >= 15 is 0 Å². The van der Waals surface area contributed by atoms with Crippen molar-refractivity contribution in [2.45, 2.75) is 92.4 Å². The third-order valence-electron chi connectivity index (χ3n) is 3.57. The Hall–Kier alpha value is -0.192. The summed E-state index contributed by atoms with van der Waals surface area (Å²) in [5.41, 5.74) is 2.14. The van der Waals surface area contributed by atoms with E-state index in [1.54, 1.807) is 0 Å². The first-order chi connectivity index (χ1) is 10.3. The minimum Gasteiger partial charge on any atom is -0.350 e. The molecule has 142 valence electrons. The first-order valence-corrected chi connectivity index (χ1v) is 22.8. The molecule has 0 aromatic rings. The van der Waals surface area contributed by atoms with E-state index in [1.807, 2.05) is 0 Å². The lowest BCUT2D eigenvalue weighted by atomic mass is 10.3. The Labute approximate surface area is 155 Å². The van der Waals surface area contributed by atoms with E-state index in [9.17, 15) is 0 Å². The first kappa shape index (κ1) is 23.8. The van der Waals surface area contributed by atoms with Crippen LogP contribution in [0.2, 0.25) is 78.6 Å². The van der Waals surface area contributed by atoms with Crippen LogP contribution in [0.25, 0.3) is 0 Å². The smallest absolute Gasteiger partial charge is 0.158 e. The largest absolute Gasteiger partial charge is 0.350 e. The Balaban J connectivity index is 5.88. The second-order valence-corrected chi connectivity index (χ2v) is 30.6. The molecule has 0 fully saturated rings. The molecule has 24 heavy (non-hydrogen) atoms. The van der Waals surface area contributed by atoms with E-state index in [2.05, 4.69) is 101 Å². The summed E-state index contributed by atoms with van der Waals surface area (Å²) < 4.78 is 4.95. The zero-order chi connectivity index (χ0) is 19.7. The molecule has 0 radical (unpaired) electrons. The van der Waals surface area contributed by atoms with E-state index in [0.717, 1.165) is 11.4 Å². The Morgan fingerprint density at radius 2 is 0.625 bits per heavy atom. The number of hydrogen-bond donors (Lipinski definition) is 0. The molecule has 0 heterocycles. The molecule has 0 N–H and O–H groups in total. The van der Waals surface area contributed by atoms with Gasteiger partial charge in [0.25, 0.3) is 0 Å². The Bertz CT molecular complexity index is 414. The predicted octanol–water partition coefficient (Wildman–Crippen LogP) is 5.68. The van der Waals surface area contributed by atoms with Gasteiger partial charge in [-0.05, 0) is 13.8 Å². The highest BCUT2D eigenvalue weighted by atomic mass is 28.4. The number of hydrogen-bond acceptors (Lipinski definition) is 4. The quantitative estimate of drug-likeness (QED) is 0.311. The summed E-state index contributed by atoms with van der Waals surface area (Å²) in [5, 5.41) is 10.2. The molecular weight excluding hydrogens is 361 g/mol. The monoisotopic (exact) mass is 402 g/mol. The normalized spacial score (nSPS) is 15.6. The first-order valence-electron chi connectivity index (χ1n) is 8.99. The van der Waals surface area contributed by atoms with Gasteiger partial charge in [0.2, 0.25) is 0 Å². The lowest BCUT2D eigenvalue weighted by Crippen LogP contribution is -2.57. The van der Waals surface area contributed by atoms with Gasteiger partial charge in [-0.15, -0.1) is 0 Å². The van der Waals surface area contributed by atoms with Crippen LogP contribution in [0, 0.1) is 0 Å². The van der Waals surface area contributed by atoms with Crippen LogP contribution in [-0.4, -0.2) is 53.0 Å². The van der Waals surface area contributed by atoms with Gasteiger partial charge >= 0.3 is 0 Å². The molecule has 0 aromatic carbocycles. The third kappa shape index (κ3) is 7.36. The molecule has 0 saturated heterocycles. The molecule has 0 amide bonds. The van der Waals surface area contributed by atoms with Crippen LogP contribution >= 0.6 is 0 Å². The second-order valence-electron chi connectivity index (χ2n) is 10.7. The van der Waals surface area contributed by atoms with Crippen molar-refractivity contribution in [3.05, 3.63) is 0 Å². The van der Waals surface area contributed by atoms with Crippen LogP contribution in [0.15, 0.2) is 10.2 Å². The Morgan fingerprint density at radius 1 is 0.458 bits per heavy atom. The van der Waals surface area contributed by atoms with Crippen LogP contribution in [0.5, 0.6) is 0 Å². The van der Waals surface area contributed by atoms with Crippen molar-refractivity contribution in [2.75, 3.05) is 0 Å². The zero-order valence-electron chi connectivity index (χ0n) is 18.8.